The second-order valence-electron chi connectivity index (χ2n) is 4.97. The Bertz CT molecular complexity index is 895. The van der Waals surface area contributed by atoms with Crippen LogP contribution in [0.15, 0.2) is 47.4 Å². The molecule has 126 valence electrons. The number of nitro groups is 1. The molecule has 7 nitrogen and oxygen atoms in total. The summed E-state index contributed by atoms with van der Waals surface area (Å²) in [6, 6.07) is 9.63. The molecular formula is C15H13ClN2O5S. The third-order valence-corrected chi connectivity index (χ3v) is 5.15. The topological polar surface area (TPSA) is 106 Å². The van der Waals surface area contributed by atoms with E-state index in [-0.39, 0.29) is 21.8 Å². The van der Waals surface area contributed by atoms with Gasteiger partial charge in [0, 0.05) is 11.1 Å². The van der Waals surface area contributed by atoms with E-state index < -0.39 is 26.4 Å². The fraction of sp³-hybridized carbons (Fsp3) is 0.133. The quantitative estimate of drug-likeness (QED) is 0.645. The zero-order valence-corrected chi connectivity index (χ0v) is 14.1. The molecule has 9 heteroatoms. The Morgan fingerprint density at radius 2 is 1.83 bits per heavy atom. The van der Waals surface area contributed by atoms with Gasteiger partial charge in [-0.3, -0.25) is 14.9 Å². The molecule has 0 aliphatic carbocycles. The maximum absolute atomic E-state index is 12.2. The largest absolute Gasteiger partial charge is 0.325 e. The summed E-state index contributed by atoms with van der Waals surface area (Å²) >= 11 is 5.70. The number of carbonyl (C=O) groups excluding carboxylic acids is 1. The van der Waals surface area contributed by atoms with Crippen molar-refractivity contribution in [1.29, 1.82) is 0 Å². The van der Waals surface area contributed by atoms with Gasteiger partial charge in [0.15, 0.2) is 9.84 Å². The minimum atomic E-state index is -3.84. The van der Waals surface area contributed by atoms with Gasteiger partial charge in [0.2, 0.25) is 5.91 Å². The van der Waals surface area contributed by atoms with Crippen LogP contribution in [-0.4, -0.2) is 25.0 Å². The first-order valence-corrected chi connectivity index (χ1v) is 8.76. The highest BCUT2D eigenvalue weighted by molar-refractivity contribution is 7.92. The van der Waals surface area contributed by atoms with Gasteiger partial charge in [-0.2, -0.15) is 0 Å². The Morgan fingerprint density at radius 3 is 2.42 bits per heavy atom. The van der Waals surface area contributed by atoms with Gasteiger partial charge in [-0.05, 0) is 37.3 Å². The molecule has 1 amide bonds. The van der Waals surface area contributed by atoms with E-state index in [1.165, 1.54) is 49.4 Å². The van der Waals surface area contributed by atoms with Gasteiger partial charge in [-0.15, -0.1) is 0 Å². The van der Waals surface area contributed by atoms with Crippen LogP contribution in [0.5, 0.6) is 0 Å². The second kappa shape index (κ2) is 6.98. The van der Waals surface area contributed by atoms with Crippen molar-refractivity contribution in [3.05, 3.63) is 63.2 Å². The molecule has 0 heterocycles. The van der Waals surface area contributed by atoms with Crippen LogP contribution in [0.2, 0.25) is 5.02 Å². The van der Waals surface area contributed by atoms with Crippen molar-refractivity contribution in [2.24, 2.45) is 0 Å². The first kappa shape index (κ1) is 17.9. The third kappa shape index (κ3) is 4.09. The lowest BCUT2D eigenvalue weighted by molar-refractivity contribution is -0.385. The van der Waals surface area contributed by atoms with Crippen LogP contribution < -0.4 is 5.32 Å². The molecule has 2 aromatic rings. The van der Waals surface area contributed by atoms with Gasteiger partial charge < -0.3 is 5.32 Å². The highest BCUT2D eigenvalue weighted by Gasteiger charge is 2.21. The second-order valence-corrected chi connectivity index (χ2v) is 7.39. The van der Waals surface area contributed by atoms with Crippen molar-refractivity contribution in [3.8, 4) is 0 Å². The van der Waals surface area contributed by atoms with Crippen LogP contribution in [0.25, 0.3) is 0 Å². The van der Waals surface area contributed by atoms with Crippen molar-refractivity contribution >= 4 is 38.7 Å². The number of hydrogen-bond donors (Lipinski definition) is 1. The predicted molar refractivity (Wildman–Crippen MR) is 90.0 cm³/mol. The first-order valence-electron chi connectivity index (χ1n) is 6.73. The number of nitrogens with zero attached hydrogens (tertiary/aromatic N) is 1. The Kier molecular flexibility index (Phi) is 5.20. The molecular weight excluding hydrogens is 356 g/mol. The summed E-state index contributed by atoms with van der Waals surface area (Å²) in [5.74, 6) is -1.56. The summed E-state index contributed by atoms with van der Waals surface area (Å²) in [6.07, 6.45) is 0. The van der Waals surface area contributed by atoms with Gasteiger partial charge in [0.05, 0.1) is 21.1 Å². The van der Waals surface area contributed by atoms with Gasteiger partial charge in [0.1, 0.15) is 5.75 Å². The molecule has 0 atom stereocenters. The molecule has 0 unspecified atom stereocenters. The van der Waals surface area contributed by atoms with E-state index in [1.54, 1.807) is 0 Å². The molecule has 0 saturated heterocycles. The average molecular weight is 369 g/mol. The lowest BCUT2D eigenvalue weighted by Gasteiger charge is -2.09. The summed E-state index contributed by atoms with van der Waals surface area (Å²) in [5.41, 5.74) is 0.286. The van der Waals surface area contributed by atoms with E-state index in [0.717, 1.165) is 0 Å². The zero-order valence-electron chi connectivity index (χ0n) is 12.5. The molecule has 1 N–H and O–H groups in total. The Balaban J connectivity index is 2.18. The Morgan fingerprint density at radius 1 is 1.21 bits per heavy atom. The van der Waals surface area contributed by atoms with Crippen molar-refractivity contribution in [3.63, 3.8) is 0 Å². The van der Waals surface area contributed by atoms with Crippen LogP contribution in [-0.2, 0) is 14.6 Å². The summed E-state index contributed by atoms with van der Waals surface area (Å²) in [4.78, 5) is 22.3. The van der Waals surface area contributed by atoms with E-state index >= 15 is 0 Å². The molecule has 0 saturated carbocycles. The number of amides is 1. The van der Waals surface area contributed by atoms with E-state index in [1.807, 2.05) is 0 Å². The molecule has 0 fully saturated rings. The molecule has 2 rings (SSSR count). The molecule has 2 aromatic carbocycles. The van der Waals surface area contributed by atoms with Gasteiger partial charge in [-0.1, -0.05) is 17.7 Å². The van der Waals surface area contributed by atoms with E-state index in [4.69, 9.17) is 11.6 Å². The summed E-state index contributed by atoms with van der Waals surface area (Å²) in [6.45, 7) is 1.47. The predicted octanol–water partition coefficient (Wildman–Crippen LogP) is 2.97. The number of rotatable bonds is 5. The molecule has 0 bridgehead atoms. The Labute approximate surface area is 143 Å². The Hall–Kier alpha value is -2.45. The molecule has 0 aliphatic rings. The lowest BCUT2D eigenvalue weighted by Crippen LogP contribution is -2.23. The molecule has 0 aliphatic heterocycles. The third-order valence-electron chi connectivity index (χ3n) is 3.27. The number of hydrogen-bond acceptors (Lipinski definition) is 5. The van der Waals surface area contributed by atoms with Crippen LogP contribution in [0.1, 0.15) is 5.56 Å². The van der Waals surface area contributed by atoms with Crippen molar-refractivity contribution in [1.82, 2.24) is 0 Å². The van der Waals surface area contributed by atoms with Crippen molar-refractivity contribution in [2.45, 2.75) is 11.8 Å². The number of sulfone groups is 1. The molecule has 0 spiro atoms. The number of nitrogens with one attached hydrogen (secondary N) is 1. The highest BCUT2D eigenvalue weighted by Crippen LogP contribution is 2.25. The molecule has 24 heavy (non-hydrogen) atoms. The van der Waals surface area contributed by atoms with Crippen molar-refractivity contribution < 1.29 is 18.1 Å². The maximum atomic E-state index is 12.2. The van der Waals surface area contributed by atoms with Gasteiger partial charge in [0.25, 0.3) is 5.69 Å². The molecule has 0 radical (unpaired) electrons. The van der Waals surface area contributed by atoms with Crippen LogP contribution in [0.3, 0.4) is 0 Å². The fourth-order valence-corrected chi connectivity index (χ4v) is 3.30. The summed E-state index contributed by atoms with van der Waals surface area (Å²) < 4.78 is 24.4. The number of halogens is 1. The van der Waals surface area contributed by atoms with Crippen LogP contribution in [0, 0.1) is 17.0 Å². The van der Waals surface area contributed by atoms with Crippen LogP contribution in [0.4, 0.5) is 11.4 Å². The fourth-order valence-electron chi connectivity index (χ4n) is 2.04. The normalized spacial score (nSPS) is 11.1. The van der Waals surface area contributed by atoms with Crippen LogP contribution >= 0.6 is 11.6 Å². The summed E-state index contributed by atoms with van der Waals surface area (Å²) in [5, 5.41) is 13.7. The smallest absolute Gasteiger partial charge is 0.274 e. The zero-order chi connectivity index (χ0) is 17.9. The monoisotopic (exact) mass is 368 g/mol. The highest BCUT2D eigenvalue weighted by atomic mass is 35.5. The van der Waals surface area contributed by atoms with Gasteiger partial charge in [-0.25, -0.2) is 8.42 Å². The van der Waals surface area contributed by atoms with E-state index in [9.17, 15) is 23.3 Å². The molecule has 0 aromatic heterocycles. The minimum absolute atomic E-state index is 0.0298. The van der Waals surface area contributed by atoms with E-state index in [0.29, 0.717) is 5.02 Å². The maximum Gasteiger partial charge on any atom is 0.274 e. The number of carbonyl (C=O) groups is 1. The van der Waals surface area contributed by atoms with Crippen molar-refractivity contribution in [2.75, 3.05) is 11.1 Å². The minimum Gasteiger partial charge on any atom is -0.325 e. The first-order chi connectivity index (χ1) is 11.2. The SMILES string of the molecule is Cc1c(NC(=O)CS(=O)(=O)c2ccc(Cl)cc2)cccc1[N+](=O)[O-]. The number of nitro benzene ring substituents is 1. The average Bonchev–Trinajstić information content (AvgIpc) is 2.49. The number of benzene rings is 2. The lowest BCUT2D eigenvalue weighted by atomic mass is 10.1. The van der Waals surface area contributed by atoms with E-state index in [2.05, 4.69) is 5.32 Å². The standard InChI is InChI=1S/C15H13ClN2O5S/c1-10-13(3-2-4-14(10)18(20)21)17-15(19)9-24(22,23)12-7-5-11(16)6-8-12/h2-8H,9H2,1H3,(H,17,19). The van der Waals surface area contributed by atoms with Gasteiger partial charge >= 0.3 is 0 Å². The number of anilines is 1. The summed E-state index contributed by atoms with van der Waals surface area (Å²) in [7, 11) is -3.84.